The maximum atomic E-state index is 12.4. The molecule has 5 nitrogen and oxygen atoms in total. The van der Waals surface area contributed by atoms with Crippen molar-refractivity contribution in [2.45, 2.75) is 31.4 Å². The maximum absolute atomic E-state index is 12.4. The molecule has 0 heterocycles. The normalized spacial score (nSPS) is 24.2. The maximum Gasteiger partial charge on any atom is 0.310 e. The minimum Gasteiger partial charge on any atom is -0.469 e. The van der Waals surface area contributed by atoms with Crippen LogP contribution in [0.15, 0.2) is 12.2 Å². The van der Waals surface area contributed by atoms with Crippen molar-refractivity contribution in [3.8, 4) is 0 Å². The molecule has 6 heteroatoms. The van der Waals surface area contributed by atoms with Gasteiger partial charge >= 0.3 is 5.97 Å². The Morgan fingerprint density at radius 3 is 2.56 bits per heavy atom. The Labute approximate surface area is 109 Å². The summed E-state index contributed by atoms with van der Waals surface area (Å²) < 4.78 is 30.7. The third-order valence-electron chi connectivity index (χ3n) is 3.27. The number of sulfonamides is 1. The smallest absolute Gasteiger partial charge is 0.310 e. The Morgan fingerprint density at radius 2 is 2.06 bits per heavy atom. The molecule has 0 saturated heterocycles. The molecule has 18 heavy (non-hydrogen) atoms. The molecule has 104 valence electrons. The average molecular weight is 275 g/mol. The number of rotatable bonds is 5. The molecule has 1 aliphatic carbocycles. The summed E-state index contributed by atoms with van der Waals surface area (Å²) in [5, 5.41) is -0.658. The summed E-state index contributed by atoms with van der Waals surface area (Å²) in [6.45, 7) is 5.77. The molecule has 0 aromatic heterocycles. The molecule has 0 amide bonds. The van der Waals surface area contributed by atoms with Gasteiger partial charge in [-0.25, -0.2) is 12.7 Å². The lowest BCUT2D eigenvalue weighted by molar-refractivity contribution is -0.145. The minimum atomic E-state index is -3.47. The molecule has 2 atom stereocenters. The van der Waals surface area contributed by atoms with Crippen molar-refractivity contribution in [2.75, 3.05) is 20.7 Å². The van der Waals surface area contributed by atoms with Gasteiger partial charge in [0, 0.05) is 13.6 Å². The van der Waals surface area contributed by atoms with Crippen LogP contribution in [-0.4, -0.2) is 44.6 Å². The lowest BCUT2D eigenvalue weighted by Gasteiger charge is -2.24. The number of carbonyl (C=O) groups excluding carboxylic acids is 1. The molecular formula is C12H21NO4S. The summed E-state index contributed by atoms with van der Waals surface area (Å²) in [5.41, 5.74) is 0.772. The molecule has 0 aromatic rings. The monoisotopic (exact) mass is 275 g/mol. The fourth-order valence-electron chi connectivity index (χ4n) is 2.40. The summed E-state index contributed by atoms with van der Waals surface area (Å²) in [5.74, 6) is -0.961. The predicted octanol–water partition coefficient (Wildman–Crippen LogP) is 1.17. The van der Waals surface area contributed by atoms with E-state index in [1.807, 2.05) is 0 Å². The summed E-state index contributed by atoms with van der Waals surface area (Å²) in [4.78, 5) is 11.6. The Hall–Kier alpha value is -0.880. The average Bonchev–Trinajstić information content (AvgIpc) is 2.76. The topological polar surface area (TPSA) is 63.7 Å². The van der Waals surface area contributed by atoms with Crippen LogP contribution in [0, 0.1) is 5.92 Å². The number of carbonyl (C=O) groups is 1. The second kappa shape index (κ2) is 5.84. The first kappa shape index (κ1) is 15.2. The van der Waals surface area contributed by atoms with Crippen molar-refractivity contribution in [3.05, 3.63) is 12.2 Å². The van der Waals surface area contributed by atoms with Gasteiger partial charge in [0.2, 0.25) is 10.0 Å². The third-order valence-corrected chi connectivity index (χ3v) is 5.59. The van der Waals surface area contributed by atoms with Gasteiger partial charge in [-0.2, -0.15) is 0 Å². The van der Waals surface area contributed by atoms with E-state index in [-0.39, 0.29) is 6.54 Å². The molecule has 0 aromatic carbocycles. The second-order valence-electron chi connectivity index (χ2n) is 4.86. The second-order valence-corrected chi connectivity index (χ2v) is 7.12. The van der Waals surface area contributed by atoms with Crippen LogP contribution in [0.2, 0.25) is 0 Å². The van der Waals surface area contributed by atoms with E-state index < -0.39 is 27.2 Å². The molecular weight excluding hydrogens is 254 g/mol. The van der Waals surface area contributed by atoms with Crippen LogP contribution in [0.1, 0.15) is 26.2 Å². The summed E-state index contributed by atoms with van der Waals surface area (Å²) in [6, 6.07) is 0. The molecule has 0 spiro atoms. The van der Waals surface area contributed by atoms with Crippen LogP contribution in [0.25, 0.3) is 0 Å². The Morgan fingerprint density at radius 1 is 1.44 bits per heavy atom. The largest absolute Gasteiger partial charge is 0.469 e. The number of methoxy groups -OCH3 is 1. The summed E-state index contributed by atoms with van der Waals surface area (Å²) in [6.07, 6.45) is 1.84. The first-order valence-electron chi connectivity index (χ1n) is 5.98. The van der Waals surface area contributed by atoms with E-state index in [1.165, 1.54) is 18.5 Å². The minimum absolute atomic E-state index is 0.284. The fourth-order valence-corrected chi connectivity index (χ4v) is 4.39. The van der Waals surface area contributed by atoms with E-state index >= 15 is 0 Å². The van der Waals surface area contributed by atoms with Crippen LogP contribution in [-0.2, 0) is 19.6 Å². The predicted molar refractivity (Wildman–Crippen MR) is 69.5 cm³/mol. The highest BCUT2D eigenvalue weighted by Gasteiger charge is 2.43. The van der Waals surface area contributed by atoms with Gasteiger partial charge in [-0.05, 0) is 19.8 Å². The lowest BCUT2D eigenvalue weighted by Crippen LogP contribution is -2.41. The zero-order chi connectivity index (χ0) is 13.9. The highest BCUT2D eigenvalue weighted by molar-refractivity contribution is 7.89. The molecule has 1 rings (SSSR count). The zero-order valence-corrected chi connectivity index (χ0v) is 12.0. The number of likely N-dealkylation sites (N-methyl/N-ethyl adjacent to an activating group) is 1. The van der Waals surface area contributed by atoms with Crippen molar-refractivity contribution < 1.29 is 17.9 Å². The van der Waals surface area contributed by atoms with E-state index in [0.29, 0.717) is 12.8 Å². The highest BCUT2D eigenvalue weighted by Crippen LogP contribution is 2.33. The molecule has 0 radical (unpaired) electrons. The SMILES string of the molecule is C=C(C)CN(C)S(=O)(=O)C1CCCC1C(=O)OC. The van der Waals surface area contributed by atoms with Crippen molar-refractivity contribution in [1.29, 1.82) is 0 Å². The highest BCUT2D eigenvalue weighted by atomic mass is 32.2. The standard InChI is InChI=1S/C12H21NO4S/c1-9(2)8-13(3)18(15,16)11-7-5-6-10(11)12(14)17-4/h10-11H,1,5-8H2,2-4H3. The molecule has 0 aliphatic heterocycles. The van der Waals surface area contributed by atoms with E-state index in [4.69, 9.17) is 0 Å². The fraction of sp³-hybridized carbons (Fsp3) is 0.750. The Balaban J connectivity index is 2.90. The molecule has 0 bridgehead atoms. The number of hydrogen-bond donors (Lipinski definition) is 0. The van der Waals surface area contributed by atoms with Crippen LogP contribution < -0.4 is 0 Å². The Kier molecular flexibility index (Phi) is 4.92. The first-order valence-corrected chi connectivity index (χ1v) is 7.48. The molecule has 1 fully saturated rings. The van der Waals surface area contributed by atoms with Gasteiger partial charge in [-0.3, -0.25) is 4.79 Å². The van der Waals surface area contributed by atoms with Crippen molar-refractivity contribution in [2.24, 2.45) is 5.92 Å². The van der Waals surface area contributed by atoms with Crippen LogP contribution in [0.3, 0.4) is 0 Å². The van der Waals surface area contributed by atoms with Gasteiger partial charge in [0.1, 0.15) is 0 Å². The lowest BCUT2D eigenvalue weighted by atomic mass is 10.1. The van der Waals surface area contributed by atoms with Crippen LogP contribution in [0.4, 0.5) is 0 Å². The van der Waals surface area contributed by atoms with Gasteiger partial charge in [0.05, 0.1) is 18.3 Å². The number of hydrogen-bond acceptors (Lipinski definition) is 4. The van der Waals surface area contributed by atoms with Crippen LogP contribution >= 0.6 is 0 Å². The van der Waals surface area contributed by atoms with Crippen molar-refractivity contribution in [3.63, 3.8) is 0 Å². The summed E-state index contributed by atoms with van der Waals surface area (Å²) >= 11 is 0. The van der Waals surface area contributed by atoms with E-state index in [9.17, 15) is 13.2 Å². The molecule has 1 saturated carbocycles. The summed E-state index contributed by atoms with van der Waals surface area (Å²) in [7, 11) is -0.648. The molecule has 1 aliphatic rings. The molecule has 2 unspecified atom stereocenters. The van der Waals surface area contributed by atoms with Crippen molar-refractivity contribution >= 4 is 16.0 Å². The van der Waals surface area contributed by atoms with Gasteiger partial charge < -0.3 is 4.74 Å². The Bertz CT molecular complexity index is 429. The zero-order valence-electron chi connectivity index (χ0n) is 11.2. The van der Waals surface area contributed by atoms with E-state index in [1.54, 1.807) is 6.92 Å². The molecule has 0 N–H and O–H groups in total. The van der Waals surface area contributed by atoms with Gasteiger partial charge in [0.15, 0.2) is 0 Å². The van der Waals surface area contributed by atoms with Gasteiger partial charge in [0.25, 0.3) is 0 Å². The van der Waals surface area contributed by atoms with Gasteiger partial charge in [-0.1, -0.05) is 18.6 Å². The third kappa shape index (κ3) is 3.11. The quantitative estimate of drug-likeness (QED) is 0.558. The number of nitrogens with zero attached hydrogens (tertiary/aromatic N) is 1. The number of esters is 1. The van der Waals surface area contributed by atoms with E-state index in [0.717, 1.165) is 12.0 Å². The number of ether oxygens (including phenoxy) is 1. The van der Waals surface area contributed by atoms with Gasteiger partial charge in [-0.15, -0.1) is 0 Å². The van der Waals surface area contributed by atoms with E-state index in [2.05, 4.69) is 11.3 Å². The van der Waals surface area contributed by atoms with Crippen LogP contribution in [0.5, 0.6) is 0 Å². The first-order chi connectivity index (χ1) is 8.30. The van der Waals surface area contributed by atoms with Crippen molar-refractivity contribution in [1.82, 2.24) is 4.31 Å².